The predicted octanol–water partition coefficient (Wildman–Crippen LogP) is 2.53. The summed E-state index contributed by atoms with van der Waals surface area (Å²) in [5.74, 6) is -1.71. The number of carbonyl (C=O) groups excluding carboxylic acids is 2. The Morgan fingerprint density at radius 2 is 2.00 bits per heavy atom. The molecule has 1 aromatic heterocycles. The maximum Gasteiger partial charge on any atom is 0.345 e. The summed E-state index contributed by atoms with van der Waals surface area (Å²) in [6.07, 6.45) is 0.984. The number of amides is 1. The van der Waals surface area contributed by atoms with Gasteiger partial charge in [-0.3, -0.25) is 20.2 Å². The first kappa shape index (κ1) is 23.7. The molecule has 0 aliphatic carbocycles. The van der Waals surface area contributed by atoms with Crippen molar-refractivity contribution in [1.82, 2.24) is 9.29 Å². The third kappa shape index (κ3) is 5.50. The Morgan fingerprint density at radius 1 is 1.33 bits per heavy atom. The van der Waals surface area contributed by atoms with Gasteiger partial charge in [-0.1, -0.05) is 25.4 Å². The second-order valence-corrected chi connectivity index (χ2v) is 8.94. The molecule has 0 unspecified atom stereocenters. The number of hydrogen-bond acceptors (Lipinski definition) is 9. The van der Waals surface area contributed by atoms with Crippen LogP contribution in [0.3, 0.4) is 0 Å². The van der Waals surface area contributed by atoms with E-state index in [1.807, 2.05) is 0 Å². The van der Waals surface area contributed by atoms with Crippen molar-refractivity contribution in [2.75, 3.05) is 25.0 Å². The molecule has 0 radical (unpaired) electrons. The van der Waals surface area contributed by atoms with Crippen LogP contribution in [0.15, 0.2) is 29.3 Å². The van der Waals surface area contributed by atoms with Gasteiger partial charge in [-0.2, -0.15) is 4.31 Å². The Kier molecular flexibility index (Phi) is 7.83. The Labute approximate surface area is 180 Å². The van der Waals surface area contributed by atoms with Gasteiger partial charge in [0.25, 0.3) is 5.91 Å². The van der Waals surface area contributed by atoms with Gasteiger partial charge in [0.15, 0.2) is 11.7 Å². The molecular formula is C16H17ClN4O7S2. The molecule has 0 atom stereocenters. The quantitative estimate of drug-likeness (QED) is 0.329. The van der Waals surface area contributed by atoms with Crippen LogP contribution in [0, 0.1) is 10.1 Å². The minimum absolute atomic E-state index is 0.0261. The maximum atomic E-state index is 12.7. The summed E-state index contributed by atoms with van der Waals surface area (Å²) >= 11 is 6.65. The van der Waals surface area contributed by atoms with Crippen molar-refractivity contribution in [3.8, 4) is 0 Å². The number of carbonyl (C=O) groups is 2. The first-order chi connectivity index (χ1) is 14.1. The van der Waals surface area contributed by atoms with Crippen LogP contribution in [0.1, 0.15) is 24.2 Å². The summed E-state index contributed by atoms with van der Waals surface area (Å²) in [6, 6.07) is 3.61. The van der Waals surface area contributed by atoms with Gasteiger partial charge in [0, 0.05) is 13.1 Å². The van der Waals surface area contributed by atoms with Crippen molar-refractivity contribution in [2.24, 2.45) is 0 Å². The number of nitrogens with one attached hydrogen (secondary N) is 1. The van der Waals surface area contributed by atoms with Crippen LogP contribution in [-0.2, 0) is 19.6 Å². The van der Waals surface area contributed by atoms with E-state index >= 15 is 0 Å². The van der Waals surface area contributed by atoms with E-state index in [4.69, 9.17) is 16.3 Å². The van der Waals surface area contributed by atoms with E-state index in [9.17, 15) is 28.1 Å². The van der Waals surface area contributed by atoms with E-state index in [-0.39, 0.29) is 38.7 Å². The maximum absolute atomic E-state index is 12.7. The highest BCUT2D eigenvalue weighted by Crippen LogP contribution is 2.27. The molecule has 0 spiro atoms. The summed E-state index contributed by atoms with van der Waals surface area (Å²) in [5, 5.41) is 12.5. The van der Waals surface area contributed by atoms with Crippen molar-refractivity contribution in [2.45, 2.75) is 18.7 Å². The standard InChI is InChI=1S/C16H17ClN4O7S2/c1-3-20(4-2)30(26,27)12-7-10(5-6-11(12)17)15(23)28-9-13(22)19-16-18-8-14(29-16)21(24)25/h5-8H,3-4,9H2,1-2H3,(H,18,19,22). The number of anilines is 1. The SMILES string of the molecule is CCN(CC)S(=O)(=O)c1cc(C(=O)OCC(=O)Nc2ncc([N+](=O)[O-])s2)ccc1Cl. The number of nitrogens with zero attached hydrogens (tertiary/aromatic N) is 3. The molecule has 0 saturated heterocycles. The molecule has 2 rings (SSSR count). The van der Waals surface area contributed by atoms with Crippen molar-refractivity contribution in [3.63, 3.8) is 0 Å². The van der Waals surface area contributed by atoms with Crippen LogP contribution >= 0.6 is 22.9 Å². The van der Waals surface area contributed by atoms with E-state index in [1.165, 1.54) is 16.4 Å². The molecule has 162 valence electrons. The van der Waals surface area contributed by atoms with Gasteiger partial charge < -0.3 is 4.74 Å². The monoisotopic (exact) mass is 476 g/mol. The molecule has 1 N–H and O–H groups in total. The number of aromatic nitrogens is 1. The lowest BCUT2D eigenvalue weighted by Crippen LogP contribution is -2.31. The molecule has 1 aromatic carbocycles. The molecular weight excluding hydrogens is 460 g/mol. The molecule has 11 nitrogen and oxygen atoms in total. The van der Waals surface area contributed by atoms with Crippen LogP contribution in [0.4, 0.5) is 10.1 Å². The molecule has 0 bridgehead atoms. The van der Waals surface area contributed by atoms with E-state index < -0.39 is 33.4 Å². The van der Waals surface area contributed by atoms with E-state index in [1.54, 1.807) is 13.8 Å². The molecule has 0 fully saturated rings. The first-order valence-corrected chi connectivity index (χ1v) is 11.1. The summed E-state index contributed by atoms with van der Waals surface area (Å²) < 4.78 is 31.4. The second-order valence-electron chi connectivity index (χ2n) is 5.62. The zero-order chi connectivity index (χ0) is 22.5. The van der Waals surface area contributed by atoms with Crippen LogP contribution in [0.5, 0.6) is 0 Å². The fourth-order valence-electron chi connectivity index (χ4n) is 2.31. The Balaban J connectivity index is 2.08. The number of esters is 1. The lowest BCUT2D eigenvalue weighted by molar-refractivity contribution is -0.380. The van der Waals surface area contributed by atoms with Crippen LogP contribution in [0.25, 0.3) is 0 Å². The lowest BCUT2D eigenvalue weighted by atomic mass is 10.2. The number of hydrogen-bond donors (Lipinski definition) is 1. The summed E-state index contributed by atoms with van der Waals surface area (Å²) in [4.78, 5) is 37.5. The number of thiazole rings is 1. The Bertz CT molecular complexity index is 1070. The molecule has 0 aliphatic rings. The molecule has 30 heavy (non-hydrogen) atoms. The Morgan fingerprint density at radius 3 is 2.57 bits per heavy atom. The highest BCUT2D eigenvalue weighted by atomic mass is 35.5. The average molecular weight is 477 g/mol. The number of ether oxygens (including phenoxy) is 1. The molecule has 1 amide bonds. The van der Waals surface area contributed by atoms with E-state index in [0.29, 0.717) is 11.3 Å². The fraction of sp³-hybridized carbons (Fsp3) is 0.312. The largest absolute Gasteiger partial charge is 0.452 e. The van der Waals surface area contributed by atoms with Crippen molar-refractivity contribution in [1.29, 1.82) is 0 Å². The van der Waals surface area contributed by atoms with E-state index in [2.05, 4.69) is 10.3 Å². The second kappa shape index (κ2) is 9.93. The van der Waals surface area contributed by atoms with Gasteiger partial charge >= 0.3 is 11.0 Å². The van der Waals surface area contributed by atoms with Gasteiger partial charge in [-0.15, -0.1) is 0 Å². The molecule has 14 heteroatoms. The summed E-state index contributed by atoms with van der Waals surface area (Å²) in [6.45, 7) is 3.08. The fourth-order valence-corrected chi connectivity index (χ4v) is 4.91. The molecule has 1 heterocycles. The third-order valence-corrected chi connectivity index (χ3v) is 7.14. The number of nitro groups is 1. The van der Waals surface area contributed by atoms with Gasteiger partial charge in [-0.25, -0.2) is 18.2 Å². The predicted molar refractivity (Wildman–Crippen MR) is 109 cm³/mol. The van der Waals surface area contributed by atoms with Crippen molar-refractivity contribution >= 4 is 55.0 Å². The van der Waals surface area contributed by atoms with Crippen molar-refractivity contribution in [3.05, 3.63) is 45.1 Å². The molecule has 2 aromatic rings. The number of halogens is 1. The third-order valence-electron chi connectivity index (χ3n) is 3.74. The van der Waals surface area contributed by atoms with Crippen molar-refractivity contribution < 1.29 is 27.7 Å². The van der Waals surface area contributed by atoms with Crippen LogP contribution in [0.2, 0.25) is 5.02 Å². The van der Waals surface area contributed by atoms with Gasteiger partial charge in [0.2, 0.25) is 10.0 Å². The number of benzene rings is 1. The van der Waals surface area contributed by atoms with E-state index in [0.717, 1.165) is 12.3 Å². The van der Waals surface area contributed by atoms with Gasteiger partial charge in [-0.05, 0) is 29.5 Å². The average Bonchev–Trinajstić information content (AvgIpc) is 3.15. The highest BCUT2D eigenvalue weighted by Gasteiger charge is 2.26. The van der Waals surface area contributed by atoms with Gasteiger partial charge in [0.05, 0.1) is 15.5 Å². The lowest BCUT2D eigenvalue weighted by Gasteiger charge is -2.19. The zero-order valence-corrected chi connectivity index (χ0v) is 18.2. The Hall–Kier alpha value is -2.61. The van der Waals surface area contributed by atoms with Crippen LogP contribution in [-0.4, -0.2) is 54.2 Å². The number of sulfonamides is 1. The molecule has 0 aliphatic heterocycles. The minimum Gasteiger partial charge on any atom is -0.452 e. The minimum atomic E-state index is -3.91. The normalized spacial score (nSPS) is 11.3. The summed E-state index contributed by atoms with van der Waals surface area (Å²) in [7, 11) is -3.91. The highest BCUT2D eigenvalue weighted by molar-refractivity contribution is 7.89. The summed E-state index contributed by atoms with van der Waals surface area (Å²) in [5.41, 5.74) is -0.109. The smallest absolute Gasteiger partial charge is 0.345 e. The zero-order valence-electron chi connectivity index (χ0n) is 15.8. The van der Waals surface area contributed by atoms with Gasteiger partial charge in [0.1, 0.15) is 11.1 Å². The number of rotatable bonds is 9. The van der Waals surface area contributed by atoms with Crippen LogP contribution < -0.4 is 5.32 Å². The molecule has 0 saturated carbocycles. The first-order valence-electron chi connectivity index (χ1n) is 8.47. The topological polar surface area (TPSA) is 149 Å².